The lowest BCUT2D eigenvalue weighted by molar-refractivity contribution is 0.0695. The zero-order valence-electron chi connectivity index (χ0n) is 15.6. The Bertz CT molecular complexity index is 1050. The van der Waals surface area contributed by atoms with E-state index in [0.29, 0.717) is 36.6 Å². The summed E-state index contributed by atoms with van der Waals surface area (Å²) in [6, 6.07) is -0.0790. The van der Waals surface area contributed by atoms with Crippen molar-refractivity contribution in [2.45, 2.75) is 12.5 Å². The maximum Gasteiger partial charge on any atom is 0.341 e. The molecule has 10 nitrogen and oxygen atoms in total. The third-order valence-corrected chi connectivity index (χ3v) is 5.40. The van der Waals surface area contributed by atoms with Crippen LogP contribution in [0, 0.1) is 5.82 Å². The second kappa shape index (κ2) is 6.24. The molecule has 0 amide bonds. The molecule has 3 heterocycles. The highest BCUT2D eigenvalue weighted by atomic mass is 19.1. The predicted molar refractivity (Wildman–Crippen MR) is 105 cm³/mol. The summed E-state index contributed by atoms with van der Waals surface area (Å²) in [6.45, 7) is 1.41. The Morgan fingerprint density at radius 1 is 1.36 bits per heavy atom. The van der Waals surface area contributed by atoms with Gasteiger partial charge in [0.2, 0.25) is 5.43 Å². The zero-order valence-corrected chi connectivity index (χ0v) is 15.6. The van der Waals surface area contributed by atoms with E-state index in [4.69, 9.17) is 11.6 Å². The van der Waals surface area contributed by atoms with E-state index in [2.05, 4.69) is 5.43 Å². The number of rotatable bonds is 3. The Hall–Kier alpha value is -3.05. The minimum Gasteiger partial charge on any atom is -0.477 e. The summed E-state index contributed by atoms with van der Waals surface area (Å²) in [5.41, 5.74) is 8.04. The van der Waals surface area contributed by atoms with Gasteiger partial charge in [-0.1, -0.05) is 0 Å². The molecule has 2 aliphatic heterocycles. The first-order valence-corrected chi connectivity index (χ1v) is 8.84. The molecule has 1 aromatic heterocycles. The fourth-order valence-electron chi connectivity index (χ4n) is 4.15. The lowest BCUT2D eigenvalue weighted by atomic mass is 10.0. The van der Waals surface area contributed by atoms with E-state index >= 15 is 4.39 Å². The SMILES string of the molecule is CN1CN(C)n2cc(C(=O)O)c(=O)c3c(NN)c(F)c(N4CCC(N)C4)c1c32. The summed E-state index contributed by atoms with van der Waals surface area (Å²) in [4.78, 5) is 28.2. The second-order valence-corrected chi connectivity index (χ2v) is 7.27. The molecule has 0 spiro atoms. The van der Waals surface area contributed by atoms with Crippen molar-refractivity contribution >= 4 is 33.9 Å². The van der Waals surface area contributed by atoms with Gasteiger partial charge < -0.3 is 26.1 Å². The molecule has 0 saturated carbocycles. The molecule has 2 aliphatic rings. The van der Waals surface area contributed by atoms with E-state index in [-0.39, 0.29) is 17.1 Å². The molecule has 0 radical (unpaired) electrons. The Labute approximate surface area is 159 Å². The van der Waals surface area contributed by atoms with Gasteiger partial charge in [-0.3, -0.25) is 20.3 Å². The Morgan fingerprint density at radius 2 is 2.07 bits per heavy atom. The van der Waals surface area contributed by atoms with Gasteiger partial charge in [0.1, 0.15) is 29.1 Å². The molecule has 0 bridgehead atoms. The molecule has 1 aromatic carbocycles. The molecule has 150 valence electrons. The van der Waals surface area contributed by atoms with Crippen LogP contribution < -0.4 is 37.2 Å². The van der Waals surface area contributed by atoms with Crippen LogP contribution in [-0.4, -0.2) is 55.6 Å². The molecule has 4 rings (SSSR count). The van der Waals surface area contributed by atoms with Crippen LogP contribution in [0.1, 0.15) is 16.8 Å². The van der Waals surface area contributed by atoms with E-state index in [1.807, 2.05) is 9.80 Å². The summed E-state index contributed by atoms with van der Waals surface area (Å²) < 4.78 is 17.2. The van der Waals surface area contributed by atoms with Gasteiger partial charge >= 0.3 is 5.97 Å². The number of hydrazine groups is 1. The van der Waals surface area contributed by atoms with Crippen LogP contribution in [0.3, 0.4) is 0 Å². The highest BCUT2D eigenvalue weighted by Gasteiger charge is 2.35. The molecule has 6 N–H and O–H groups in total. The summed E-state index contributed by atoms with van der Waals surface area (Å²) in [5, 5.41) is 11.1. The number of hydrogen-bond acceptors (Lipinski definition) is 8. The van der Waals surface area contributed by atoms with Crippen molar-refractivity contribution in [3.63, 3.8) is 0 Å². The molecule has 1 fully saturated rings. The van der Waals surface area contributed by atoms with Gasteiger partial charge in [-0.05, 0) is 6.42 Å². The molecule has 1 saturated heterocycles. The van der Waals surface area contributed by atoms with Gasteiger partial charge in [0, 0.05) is 39.4 Å². The molecule has 28 heavy (non-hydrogen) atoms. The number of nitrogens with one attached hydrogen (secondary N) is 1. The molecule has 11 heteroatoms. The number of pyridine rings is 1. The average Bonchev–Trinajstić information content (AvgIpc) is 3.05. The molecule has 1 atom stereocenters. The van der Waals surface area contributed by atoms with E-state index in [1.54, 1.807) is 23.8 Å². The first kappa shape index (κ1) is 18.3. The van der Waals surface area contributed by atoms with Crippen LogP contribution in [0.25, 0.3) is 10.9 Å². The van der Waals surface area contributed by atoms with E-state index in [0.717, 1.165) is 6.42 Å². The second-order valence-electron chi connectivity index (χ2n) is 7.27. The van der Waals surface area contributed by atoms with Crippen molar-refractivity contribution in [3.05, 3.63) is 27.8 Å². The number of carboxylic acid groups (broad SMARTS) is 1. The summed E-state index contributed by atoms with van der Waals surface area (Å²) in [7, 11) is 3.54. The Kier molecular flexibility index (Phi) is 4.08. The fourth-order valence-corrected chi connectivity index (χ4v) is 4.15. The topological polar surface area (TPSA) is 133 Å². The lowest BCUT2D eigenvalue weighted by Gasteiger charge is -2.40. The maximum absolute atomic E-state index is 15.6. The number of halogens is 1. The highest BCUT2D eigenvalue weighted by molar-refractivity contribution is 6.08. The number of aromatic nitrogens is 1. The van der Waals surface area contributed by atoms with E-state index in [9.17, 15) is 14.7 Å². The zero-order chi connectivity index (χ0) is 20.3. The quantitative estimate of drug-likeness (QED) is 0.409. The minimum atomic E-state index is -1.39. The molecule has 2 aromatic rings. The van der Waals surface area contributed by atoms with Crippen LogP contribution in [0.4, 0.5) is 21.5 Å². The molecular formula is C17H22FN7O3. The largest absolute Gasteiger partial charge is 0.477 e. The van der Waals surface area contributed by atoms with Crippen molar-refractivity contribution in [2.24, 2.45) is 11.6 Å². The summed E-state index contributed by atoms with van der Waals surface area (Å²) in [6.07, 6.45) is 1.98. The number of hydrogen-bond donors (Lipinski definition) is 4. The summed E-state index contributed by atoms with van der Waals surface area (Å²) in [5.74, 6) is 3.50. The summed E-state index contributed by atoms with van der Waals surface area (Å²) >= 11 is 0. The standard InChI is InChI=1S/C17H22FN7O3/c1-22-7-23(2)25-6-9(17(27)28)16(26)10-12(21-20)11(18)14(15(22)13(10)25)24-4-3-8(19)5-24/h6,8,21H,3-5,7,19-20H2,1-2H3,(H,27,28). The fraction of sp³-hybridized carbons (Fsp3) is 0.412. The van der Waals surface area contributed by atoms with E-state index < -0.39 is 22.8 Å². The van der Waals surface area contributed by atoms with Gasteiger partial charge in [-0.15, -0.1) is 0 Å². The number of carboxylic acids is 1. The smallest absolute Gasteiger partial charge is 0.341 e. The highest BCUT2D eigenvalue weighted by Crippen LogP contribution is 2.45. The monoisotopic (exact) mass is 391 g/mol. The van der Waals surface area contributed by atoms with Crippen molar-refractivity contribution in [1.82, 2.24) is 4.68 Å². The molecular weight excluding hydrogens is 369 g/mol. The van der Waals surface area contributed by atoms with Gasteiger partial charge in [0.15, 0.2) is 5.82 Å². The van der Waals surface area contributed by atoms with E-state index in [1.165, 1.54) is 6.20 Å². The Morgan fingerprint density at radius 3 is 2.64 bits per heavy atom. The van der Waals surface area contributed by atoms with Crippen molar-refractivity contribution in [2.75, 3.05) is 54.1 Å². The van der Waals surface area contributed by atoms with Crippen LogP contribution in [-0.2, 0) is 0 Å². The van der Waals surface area contributed by atoms with Gasteiger partial charge in [0.25, 0.3) is 0 Å². The van der Waals surface area contributed by atoms with Crippen molar-refractivity contribution in [3.8, 4) is 0 Å². The van der Waals surface area contributed by atoms with Crippen LogP contribution in [0.15, 0.2) is 11.0 Å². The van der Waals surface area contributed by atoms with Gasteiger partial charge in [0.05, 0.1) is 11.1 Å². The van der Waals surface area contributed by atoms with Crippen LogP contribution in [0.2, 0.25) is 0 Å². The number of carbonyl (C=O) groups is 1. The molecule has 1 unspecified atom stereocenters. The average molecular weight is 391 g/mol. The van der Waals surface area contributed by atoms with Crippen molar-refractivity contribution < 1.29 is 14.3 Å². The van der Waals surface area contributed by atoms with Gasteiger partial charge in [-0.25, -0.2) is 9.18 Å². The number of benzene rings is 1. The first-order chi connectivity index (χ1) is 13.3. The number of nitrogen functional groups attached to an aromatic ring is 1. The number of anilines is 3. The third-order valence-electron chi connectivity index (χ3n) is 5.40. The van der Waals surface area contributed by atoms with Crippen molar-refractivity contribution in [1.29, 1.82) is 0 Å². The molecule has 0 aliphatic carbocycles. The normalized spacial score (nSPS) is 18.9. The number of aromatic carboxylic acids is 1. The van der Waals surface area contributed by atoms with Crippen LogP contribution in [0.5, 0.6) is 0 Å². The number of nitrogens with two attached hydrogens (primary N) is 2. The Balaban J connectivity index is 2.19. The minimum absolute atomic E-state index is 0.0790. The lowest BCUT2D eigenvalue weighted by Crippen LogP contribution is -2.46. The van der Waals surface area contributed by atoms with Crippen LogP contribution >= 0.6 is 0 Å². The number of nitrogens with zero attached hydrogens (tertiary/aromatic N) is 4. The third kappa shape index (κ3) is 2.39. The first-order valence-electron chi connectivity index (χ1n) is 8.84. The maximum atomic E-state index is 15.6. The van der Waals surface area contributed by atoms with Gasteiger partial charge in [-0.2, -0.15) is 0 Å². The predicted octanol–water partition coefficient (Wildman–Crippen LogP) is -0.363.